The number of nitrogens with one attached hydrogen (secondary N) is 1. The average Bonchev–Trinajstić information content (AvgIpc) is 3.13. The van der Waals surface area contributed by atoms with Crippen LogP contribution in [0.5, 0.6) is 0 Å². The normalized spacial score (nSPS) is 18.0. The number of hydrogen-bond acceptors (Lipinski definition) is 4. The van der Waals surface area contributed by atoms with E-state index in [4.69, 9.17) is 11.6 Å². The van der Waals surface area contributed by atoms with Crippen LogP contribution in [0.3, 0.4) is 0 Å². The van der Waals surface area contributed by atoms with Gasteiger partial charge >= 0.3 is 5.69 Å². The molecule has 1 N–H and O–H groups in total. The number of nitrogens with zero attached hydrogens (tertiary/aromatic N) is 4. The summed E-state index contributed by atoms with van der Waals surface area (Å²) in [5, 5.41) is 3.60. The van der Waals surface area contributed by atoms with Crippen molar-refractivity contribution in [2.45, 2.75) is 52.1 Å². The molecule has 0 saturated heterocycles. The van der Waals surface area contributed by atoms with Crippen LogP contribution in [0.4, 0.5) is 0 Å². The number of rotatable bonds is 5. The highest BCUT2D eigenvalue weighted by Gasteiger charge is 2.26. The van der Waals surface area contributed by atoms with E-state index in [1.54, 1.807) is 23.0 Å². The molecule has 3 heterocycles. The fraction of sp³-hybridized carbons (Fsp3) is 0.333. The topological polar surface area (TPSA) is 81.8 Å². The second-order valence-corrected chi connectivity index (χ2v) is 9.74. The first-order valence-corrected chi connectivity index (χ1v) is 12.4. The molecule has 0 unspecified atom stereocenters. The molecule has 4 aromatic rings. The van der Waals surface area contributed by atoms with Crippen LogP contribution in [0, 0.1) is 19.8 Å². The number of amides is 1. The van der Waals surface area contributed by atoms with E-state index in [0.717, 1.165) is 48.1 Å². The Bertz CT molecular complexity index is 1450. The molecular weight excluding hydrogens is 462 g/mol. The van der Waals surface area contributed by atoms with Crippen molar-refractivity contribution < 1.29 is 4.79 Å². The summed E-state index contributed by atoms with van der Waals surface area (Å²) in [6.45, 7) is 4.39. The van der Waals surface area contributed by atoms with Gasteiger partial charge in [0.2, 0.25) is 0 Å². The van der Waals surface area contributed by atoms with Crippen molar-refractivity contribution in [3.05, 3.63) is 87.3 Å². The van der Waals surface area contributed by atoms with Gasteiger partial charge in [-0.2, -0.15) is 0 Å². The van der Waals surface area contributed by atoms with Gasteiger partial charge in [0.25, 0.3) is 5.91 Å². The molecule has 1 saturated carbocycles. The monoisotopic (exact) mass is 489 g/mol. The van der Waals surface area contributed by atoms with Gasteiger partial charge in [0.15, 0.2) is 0 Å². The molecule has 0 bridgehead atoms. The van der Waals surface area contributed by atoms with Crippen LogP contribution >= 0.6 is 11.6 Å². The summed E-state index contributed by atoms with van der Waals surface area (Å²) in [5.74, 6) is 0.233. The third-order valence-corrected chi connectivity index (χ3v) is 7.18. The van der Waals surface area contributed by atoms with Crippen LogP contribution in [-0.4, -0.2) is 31.1 Å². The molecule has 3 aromatic heterocycles. The molecule has 1 aromatic carbocycles. The average molecular weight is 490 g/mol. The largest absolute Gasteiger partial charge is 0.349 e. The van der Waals surface area contributed by atoms with E-state index in [1.807, 2.05) is 54.8 Å². The van der Waals surface area contributed by atoms with Crippen LogP contribution in [0.25, 0.3) is 16.7 Å². The number of hydrogen-bond donors (Lipinski definition) is 1. The first-order valence-electron chi connectivity index (χ1n) is 12.0. The van der Waals surface area contributed by atoms with Crippen molar-refractivity contribution in [3.8, 4) is 5.69 Å². The summed E-state index contributed by atoms with van der Waals surface area (Å²) < 4.78 is 3.66. The fourth-order valence-corrected chi connectivity index (χ4v) is 5.24. The number of benzene rings is 1. The Hall–Kier alpha value is -3.45. The highest BCUT2D eigenvalue weighted by atomic mass is 35.5. The maximum atomic E-state index is 13.6. The zero-order valence-electron chi connectivity index (χ0n) is 19.9. The molecule has 0 spiro atoms. The molecule has 0 aliphatic heterocycles. The van der Waals surface area contributed by atoms with E-state index < -0.39 is 0 Å². The van der Waals surface area contributed by atoms with Gasteiger partial charge < -0.3 is 5.32 Å². The van der Waals surface area contributed by atoms with Crippen LogP contribution in [-0.2, 0) is 6.54 Å². The zero-order valence-corrected chi connectivity index (χ0v) is 20.6. The number of halogens is 1. The molecule has 7 nitrogen and oxygen atoms in total. The van der Waals surface area contributed by atoms with Gasteiger partial charge in [0, 0.05) is 25.0 Å². The van der Waals surface area contributed by atoms with Gasteiger partial charge in [0.1, 0.15) is 0 Å². The predicted octanol–water partition coefficient (Wildman–Crippen LogP) is 4.84. The second kappa shape index (κ2) is 9.66. The van der Waals surface area contributed by atoms with Gasteiger partial charge in [-0.3, -0.25) is 23.9 Å². The van der Waals surface area contributed by atoms with Crippen molar-refractivity contribution in [1.82, 2.24) is 24.4 Å². The first kappa shape index (κ1) is 23.3. The molecule has 8 heteroatoms. The van der Waals surface area contributed by atoms with Crippen LogP contribution in [0.2, 0.25) is 5.02 Å². The Labute approximate surface area is 208 Å². The summed E-state index contributed by atoms with van der Waals surface area (Å²) in [7, 11) is 0. The number of para-hydroxylation sites is 2. The number of carbonyl (C=O) groups is 1. The molecule has 1 fully saturated rings. The molecule has 180 valence electrons. The Kier molecular flexibility index (Phi) is 6.43. The van der Waals surface area contributed by atoms with Gasteiger partial charge in [-0.05, 0) is 75.8 Å². The van der Waals surface area contributed by atoms with Gasteiger partial charge in [-0.1, -0.05) is 23.7 Å². The number of fused-ring (bicyclic) bond motifs is 1. The predicted molar refractivity (Wildman–Crippen MR) is 137 cm³/mol. The van der Waals surface area contributed by atoms with E-state index in [2.05, 4.69) is 15.3 Å². The molecule has 35 heavy (non-hydrogen) atoms. The maximum Gasteiger partial charge on any atom is 0.333 e. The number of carbonyl (C=O) groups excluding carboxylic acids is 1. The van der Waals surface area contributed by atoms with Crippen molar-refractivity contribution in [2.75, 3.05) is 0 Å². The lowest BCUT2D eigenvalue weighted by molar-refractivity contribution is 0.0919. The SMILES string of the molecule is Cc1ncc(Cl)cc1C(=O)NC1CCC(Cn2c(=O)n(-c3cccnc3C)c3ccccc32)CC1. The zero-order chi connectivity index (χ0) is 24.5. The van der Waals surface area contributed by atoms with Crippen molar-refractivity contribution >= 4 is 28.5 Å². The van der Waals surface area contributed by atoms with E-state index in [9.17, 15) is 9.59 Å². The summed E-state index contributed by atoms with van der Waals surface area (Å²) >= 11 is 6.03. The van der Waals surface area contributed by atoms with Crippen LogP contribution in [0.1, 0.15) is 47.4 Å². The third-order valence-electron chi connectivity index (χ3n) is 6.98. The molecule has 1 aliphatic carbocycles. The molecule has 5 rings (SSSR count). The van der Waals surface area contributed by atoms with Crippen molar-refractivity contribution in [3.63, 3.8) is 0 Å². The molecule has 1 amide bonds. The summed E-state index contributed by atoms with van der Waals surface area (Å²) in [6.07, 6.45) is 6.92. The standard InChI is InChI=1S/C27H28ClN5O2/c1-17-22(14-20(28)15-30-17)26(34)31-21-11-9-19(10-12-21)16-32-24-6-3-4-7-25(24)33(27(32)35)23-8-5-13-29-18(23)2/h3-8,13-15,19,21H,9-12,16H2,1-2H3,(H,31,34). The summed E-state index contributed by atoms with van der Waals surface area (Å²) in [6, 6.07) is 13.5. The minimum absolute atomic E-state index is 0.0401. The lowest BCUT2D eigenvalue weighted by atomic mass is 9.85. The van der Waals surface area contributed by atoms with E-state index in [-0.39, 0.29) is 17.6 Å². The lowest BCUT2D eigenvalue weighted by Gasteiger charge is -2.29. The molecule has 1 aliphatic rings. The summed E-state index contributed by atoms with van der Waals surface area (Å²) in [4.78, 5) is 34.9. The quantitative estimate of drug-likeness (QED) is 0.435. The minimum Gasteiger partial charge on any atom is -0.349 e. The van der Waals surface area contributed by atoms with Crippen LogP contribution in [0.15, 0.2) is 59.7 Å². The van der Waals surface area contributed by atoms with Crippen molar-refractivity contribution in [1.29, 1.82) is 0 Å². The molecular formula is C27H28ClN5O2. The number of aromatic nitrogens is 4. The second-order valence-electron chi connectivity index (χ2n) is 9.30. The Morgan fingerprint density at radius 3 is 2.51 bits per heavy atom. The van der Waals surface area contributed by atoms with Crippen LogP contribution < -0.4 is 11.0 Å². The third kappa shape index (κ3) is 4.60. The van der Waals surface area contributed by atoms with Crippen molar-refractivity contribution in [2.24, 2.45) is 5.92 Å². The lowest BCUT2D eigenvalue weighted by Crippen LogP contribution is -2.39. The smallest absolute Gasteiger partial charge is 0.333 e. The highest BCUT2D eigenvalue weighted by molar-refractivity contribution is 6.30. The maximum absolute atomic E-state index is 13.6. The Morgan fingerprint density at radius 1 is 1.03 bits per heavy atom. The summed E-state index contributed by atoms with van der Waals surface area (Å²) in [5.41, 5.74) is 4.59. The van der Waals surface area contributed by atoms with E-state index >= 15 is 0 Å². The molecule has 0 atom stereocenters. The molecule has 0 radical (unpaired) electrons. The van der Waals surface area contributed by atoms with Gasteiger partial charge in [-0.25, -0.2) is 4.79 Å². The first-order chi connectivity index (χ1) is 16.9. The minimum atomic E-state index is -0.132. The van der Waals surface area contributed by atoms with E-state index in [0.29, 0.717) is 28.7 Å². The fourth-order valence-electron chi connectivity index (χ4n) is 5.08. The number of aryl methyl sites for hydroxylation is 2. The Morgan fingerprint density at radius 2 is 1.77 bits per heavy atom. The van der Waals surface area contributed by atoms with Gasteiger partial charge in [0.05, 0.1) is 38.7 Å². The number of imidazole rings is 1. The van der Waals surface area contributed by atoms with Gasteiger partial charge in [-0.15, -0.1) is 0 Å². The Balaban J connectivity index is 1.31. The highest BCUT2D eigenvalue weighted by Crippen LogP contribution is 2.28. The van der Waals surface area contributed by atoms with E-state index in [1.165, 1.54) is 0 Å². The number of pyridine rings is 2.